The fraction of sp³-hybridized carbons (Fsp3) is 0.500. The number of carboxylic acids is 1. The van der Waals surface area contributed by atoms with Crippen molar-refractivity contribution in [2.24, 2.45) is 17.3 Å². The van der Waals surface area contributed by atoms with Crippen LogP contribution in [0.25, 0.3) is 11.3 Å². The van der Waals surface area contributed by atoms with E-state index in [4.69, 9.17) is 9.47 Å². The van der Waals surface area contributed by atoms with Gasteiger partial charge >= 0.3 is 5.97 Å². The molecule has 2 aliphatic rings. The van der Waals surface area contributed by atoms with Gasteiger partial charge in [-0.25, -0.2) is 22.9 Å². The molecule has 3 N–H and O–H groups in total. The molecule has 2 fully saturated rings. The molecule has 1 aliphatic carbocycles. The minimum absolute atomic E-state index is 0.0914. The predicted octanol–water partition coefficient (Wildman–Crippen LogP) is 5.85. The molecule has 10 nitrogen and oxygen atoms in total. The number of aryl methyl sites for hydroxylation is 2. The van der Waals surface area contributed by atoms with E-state index in [9.17, 15) is 18.3 Å². The molecule has 0 unspecified atom stereocenters. The van der Waals surface area contributed by atoms with E-state index in [1.165, 1.54) is 31.0 Å². The van der Waals surface area contributed by atoms with Crippen LogP contribution in [0.2, 0.25) is 0 Å². The average Bonchev–Trinajstić information content (AvgIpc) is 2.97. The molecular formula is C34H44N4O6S. The molecule has 5 rings (SSSR count). The van der Waals surface area contributed by atoms with Crippen LogP contribution in [0.4, 0.5) is 5.95 Å². The molecule has 242 valence electrons. The Morgan fingerprint density at radius 3 is 2.42 bits per heavy atom. The van der Waals surface area contributed by atoms with E-state index in [-0.39, 0.29) is 28.3 Å². The number of anilines is 1. The van der Waals surface area contributed by atoms with Gasteiger partial charge in [-0.15, -0.1) is 0 Å². The van der Waals surface area contributed by atoms with Gasteiger partial charge in [0.05, 0.1) is 16.2 Å². The summed E-state index contributed by atoms with van der Waals surface area (Å²) < 4.78 is 40.9. The highest BCUT2D eigenvalue weighted by Gasteiger charge is 2.44. The van der Waals surface area contributed by atoms with Crippen molar-refractivity contribution in [2.75, 3.05) is 31.1 Å². The van der Waals surface area contributed by atoms with Gasteiger partial charge in [-0.05, 0) is 99.1 Å². The molecule has 2 heterocycles. The Kier molecular flexibility index (Phi) is 10.1. The van der Waals surface area contributed by atoms with E-state index in [1.54, 1.807) is 6.07 Å². The molecular weight excluding hydrogens is 592 g/mol. The van der Waals surface area contributed by atoms with Crippen LogP contribution >= 0.6 is 0 Å². The van der Waals surface area contributed by atoms with Crippen molar-refractivity contribution in [1.29, 1.82) is 0 Å². The summed E-state index contributed by atoms with van der Waals surface area (Å²) in [6.07, 6.45) is 5.72. The summed E-state index contributed by atoms with van der Waals surface area (Å²) >= 11 is 0. The predicted molar refractivity (Wildman–Crippen MR) is 173 cm³/mol. The third-order valence-corrected chi connectivity index (χ3v) is 10.3. The standard InChI is InChI=1S/C34H44N4O6S/c1-22(2)15-27(35-20-25-18-34(19-25)11-13-43-14-12-34)21-44-30-17-29(31-23(3)7-5-8-24(31)4)36-33(37-30)38-45(41,42)28-10-6-9-26(16-28)32(39)40/h5-10,16-17,22,25,27,35H,11-15,18-21H2,1-4H3,(H,39,40)(H,36,37,38)/t27-/m1/s1. The Balaban J connectivity index is 1.35. The summed E-state index contributed by atoms with van der Waals surface area (Å²) in [5.41, 5.74) is 3.67. The summed E-state index contributed by atoms with van der Waals surface area (Å²) in [4.78, 5) is 20.3. The maximum absolute atomic E-state index is 13.3. The van der Waals surface area contributed by atoms with E-state index in [0.717, 1.165) is 61.8 Å². The number of carboxylic acid groups (broad SMARTS) is 1. The maximum atomic E-state index is 13.3. The van der Waals surface area contributed by atoms with Gasteiger partial charge in [-0.3, -0.25) is 0 Å². The van der Waals surface area contributed by atoms with Crippen molar-refractivity contribution < 1.29 is 27.8 Å². The Labute approximate surface area is 266 Å². The number of aromatic carboxylic acids is 1. The van der Waals surface area contributed by atoms with Crippen molar-refractivity contribution >= 4 is 21.9 Å². The SMILES string of the molecule is Cc1cccc(C)c1-c1cc(OC[C@@H](CC(C)C)NCC2CC3(CCOCC3)C2)nc(NS(=O)(=O)c2cccc(C(=O)O)c2)n1. The summed E-state index contributed by atoms with van der Waals surface area (Å²) in [6, 6.07) is 12.9. The van der Waals surface area contributed by atoms with Crippen LogP contribution in [-0.2, 0) is 14.8 Å². The first-order valence-electron chi connectivity index (χ1n) is 15.7. The number of benzene rings is 2. The molecule has 1 aromatic heterocycles. The lowest BCUT2D eigenvalue weighted by Gasteiger charge is -2.50. The Bertz CT molecular complexity index is 1590. The Hall–Kier alpha value is -3.54. The number of hydrogen-bond acceptors (Lipinski definition) is 8. The van der Waals surface area contributed by atoms with Crippen molar-refractivity contribution in [3.8, 4) is 17.1 Å². The third kappa shape index (κ3) is 8.19. The highest BCUT2D eigenvalue weighted by atomic mass is 32.2. The van der Waals surface area contributed by atoms with Gasteiger partial charge in [0.15, 0.2) is 0 Å². The lowest BCUT2D eigenvalue weighted by atomic mass is 9.58. The van der Waals surface area contributed by atoms with Gasteiger partial charge in [-0.1, -0.05) is 38.1 Å². The van der Waals surface area contributed by atoms with E-state index < -0.39 is 16.0 Å². The van der Waals surface area contributed by atoms with Crippen LogP contribution in [0.15, 0.2) is 53.4 Å². The van der Waals surface area contributed by atoms with Gasteiger partial charge in [0, 0.05) is 30.9 Å². The molecule has 1 spiro atoms. The van der Waals surface area contributed by atoms with E-state index in [0.29, 0.717) is 29.6 Å². The van der Waals surface area contributed by atoms with Crippen LogP contribution in [0.3, 0.4) is 0 Å². The molecule has 1 saturated heterocycles. The van der Waals surface area contributed by atoms with Crippen molar-refractivity contribution in [3.63, 3.8) is 0 Å². The molecule has 0 radical (unpaired) electrons. The molecule has 1 saturated carbocycles. The first-order valence-corrected chi connectivity index (χ1v) is 17.2. The van der Waals surface area contributed by atoms with Crippen LogP contribution in [-0.4, -0.2) is 61.9 Å². The Morgan fingerprint density at radius 1 is 1.07 bits per heavy atom. The van der Waals surface area contributed by atoms with Crippen LogP contribution in [0.5, 0.6) is 5.88 Å². The van der Waals surface area contributed by atoms with E-state index in [1.807, 2.05) is 32.0 Å². The molecule has 45 heavy (non-hydrogen) atoms. The number of sulfonamides is 1. The fourth-order valence-electron chi connectivity index (χ4n) is 6.69. The van der Waals surface area contributed by atoms with Gasteiger partial charge in [0.1, 0.15) is 6.61 Å². The molecule has 0 amide bonds. The number of carbonyl (C=O) groups is 1. The monoisotopic (exact) mass is 636 g/mol. The minimum Gasteiger partial charge on any atom is -0.478 e. The normalized spacial score (nSPS) is 17.2. The first kappa shape index (κ1) is 32.8. The molecule has 1 aliphatic heterocycles. The smallest absolute Gasteiger partial charge is 0.335 e. The molecule has 3 aromatic rings. The zero-order valence-corrected chi connectivity index (χ0v) is 27.3. The average molecular weight is 637 g/mol. The van der Waals surface area contributed by atoms with Gasteiger partial charge < -0.3 is 19.9 Å². The molecule has 11 heteroatoms. The summed E-state index contributed by atoms with van der Waals surface area (Å²) in [5, 5.41) is 13.1. The zero-order valence-electron chi connectivity index (χ0n) is 26.5. The summed E-state index contributed by atoms with van der Waals surface area (Å²) in [5.74, 6) is -0.0293. The van der Waals surface area contributed by atoms with Gasteiger partial charge in [0.25, 0.3) is 10.0 Å². The zero-order chi connectivity index (χ0) is 32.2. The van der Waals surface area contributed by atoms with Crippen molar-refractivity contribution in [3.05, 3.63) is 65.2 Å². The maximum Gasteiger partial charge on any atom is 0.335 e. The second-order valence-electron chi connectivity index (χ2n) is 13.1. The van der Waals surface area contributed by atoms with Crippen LogP contribution in [0, 0.1) is 31.1 Å². The highest BCUT2D eigenvalue weighted by molar-refractivity contribution is 7.92. The van der Waals surface area contributed by atoms with E-state index >= 15 is 0 Å². The van der Waals surface area contributed by atoms with Crippen LogP contribution < -0.4 is 14.8 Å². The topological polar surface area (TPSA) is 140 Å². The number of rotatable bonds is 13. The number of aromatic nitrogens is 2. The largest absolute Gasteiger partial charge is 0.478 e. The number of hydrogen-bond donors (Lipinski definition) is 3. The van der Waals surface area contributed by atoms with Gasteiger partial charge in [-0.2, -0.15) is 4.98 Å². The summed E-state index contributed by atoms with van der Waals surface area (Å²) in [6.45, 7) is 11.4. The molecule has 1 atom stereocenters. The second-order valence-corrected chi connectivity index (χ2v) is 14.7. The van der Waals surface area contributed by atoms with Crippen LogP contribution in [0.1, 0.15) is 67.4 Å². The Morgan fingerprint density at radius 2 is 1.76 bits per heavy atom. The van der Waals surface area contributed by atoms with Gasteiger partial charge in [0.2, 0.25) is 11.8 Å². The number of nitrogens with one attached hydrogen (secondary N) is 2. The summed E-state index contributed by atoms with van der Waals surface area (Å²) in [7, 11) is -4.19. The number of nitrogens with zero attached hydrogens (tertiary/aromatic N) is 2. The van der Waals surface area contributed by atoms with Crippen molar-refractivity contribution in [2.45, 2.75) is 70.7 Å². The third-order valence-electron chi connectivity index (χ3n) is 8.94. The molecule has 0 bridgehead atoms. The fourth-order valence-corrected chi connectivity index (χ4v) is 7.68. The number of ether oxygens (including phenoxy) is 2. The quantitative estimate of drug-likeness (QED) is 0.211. The minimum atomic E-state index is -4.19. The second kappa shape index (κ2) is 13.8. The van der Waals surface area contributed by atoms with Crippen molar-refractivity contribution in [1.82, 2.24) is 15.3 Å². The lowest BCUT2D eigenvalue weighted by Crippen LogP contribution is -2.47. The molecule has 2 aromatic carbocycles. The lowest BCUT2D eigenvalue weighted by molar-refractivity contribution is -0.0589. The first-order chi connectivity index (χ1) is 21.4. The van der Waals surface area contributed by atoms with E-state index in [2.05, 4.69) is 33.9 Å². The highest BCUT2D eigenvalue weighted by Crippen LogP contribution is 2.52.